The van der Waals surface area contributed by atoms with Crippen molar-refractivity contribution in [2.24, 2.45) is 0 Å². The highest BCUT2D eigenvalue weighted by Gasteiger charge is 2.48. The van der Waals surface area contributed by atoms with E-state index in [0.717, 1.165) is 15.8 Å². The van der Waals surface area contributed by atoms with Gasteiger partial charge in [0.25, 0.3) is 5.78 Å². The molecule has 1 atom stereocenters. The number of methoxy groups -OCH3 is 1. The average molecular weight is 557 g/mol. The van der Waals surface area contributed by atoms with Crippen LogP contribution >= 0.6 is 27.3 Å². The molecule has 1 aliphatic heterocycles. The molecular weight excluding hydrogens is 536 g/mol. The van der Waals surface area contributed by atoms with E-state index >= 15 is 0 Å². The van der Waals surface area contributed by atoms with Crippen molar-refractivity contribution in [3.8, 4) is 5.75 Å². The first-order valence-electron chi connectivity index (χ1n) is 10.6. The zero-order chi connectivity index (χ0) is 25.3. The molecule has 0 aliphatic carbocycles. The van der Waals surface area contributed by atoms with E-state index < -0.39 is 23.7 Å². The number of ether oxygens (including phenoxy) is 2. The Hall–Kier alpha value is -3.50. The summed E-state index contributed by atoms with van der Waals surface area (Å²) in [7, 11) is 1.26. The van der Waals surface area contributed by atoms with Gasteiger partial charge in [0, 0.05) is 10.0 Å². The molecule has 180 valence electrons. The molecule has 0 spiro atoms. The van der Waals surface area contributed by atoms with Crippen molar-refractivity contribution >= 4 is 55.8 Å². The van der Waals surface area contributed by atoms with Gasteiger partial charge < -0.3 is 14.6 Å². The molecule has 1 unspecified atom stereocenters. The molecule has 3 aromatic rings. The van der Waals surface area contributed by atoms with Gasteiger partial charge >= 0.3 is 11.9 Å². The number of aryl methyl sites for hydroxylation is 1. The van der Waals surface area contributed by atoms with Crippen molar-refractivity contribution in [1.82, 2.24) is 4.98 Å². The van der Waals surface area contributed by atoms with Crippen LogP contribution in [-0.4, -0.2) is 41.5 Å². The van der Waals surface area contributed by atoms with E-state index in [2.05, 4.69) is 20.9 Å². The van der Waals surface area contributed by atoms with Gasteiger partial charge in [-0.3, -0.25) is 14.5 Å². The fourth-order valence-electron chi connectivity index (χ4n) is 3.84. The van der Waals surface area contributed by atoms with Crippen LogP contribution in [0, 0.1) is 6.92 Å². The largest absolute Gasteiger partial charge is 0.507 e. The molecular formula is C25H21BrN2O6S. The molecule has 0 saturated carbocycles. The summed E-state index contributed by atoms with van der Waals surface area (Å²) in [5.41, 5.74) is 1.19. The lowest BCUT2D eigenvalue weighted by Gasteiger charge is -2.23. The lowest BCUT2D eigenvalue weighted by Crippen LogP contribution is -2.29. The van der Waals surface area contributed by atoms with E-state index in [1.165, 1.54) is 12.0 Å². The van der Waals surface area contributed by atoms with Crippen LogP contribution in [0.4, 0.5) is 5.13 Å². The number of carbonyl (C=O) groups excluding carboxylic acids is 3. The third-order valence-electron chi connectivity index (χ3n) is 5.39. The molecule has 0 radical (unpaired) electrons. The first-order chi connectivity index (χ1) is 16.8. The zero-order valence-electron chi connectivity index (χ0n) is 19.1. The monoisotopic (exact) mass is 556 g/mol. The number of nitrogens with zero attached hydrogens (tertiary/aromatic N) is 2. The molecule has 1 N–H and O–H groups in total. The molecule has 0 bridgehead atoms. The molecule has 1 saturated heterocycles. The summed E-state index contributed by atoms with van der Waals surface area (Å²) >= 11 is 4.38. The Balaban J connectivity index is 1.93. The predicted octanol–water partition coefficient (Wildman–Crippen LogP) is 5.03. The quantitative estimate of drug-likeness (QED) is 0.196. The van der Waals surface area contributed by atoms with E-state index in [9.17, 15) is 19.5 Å². The van der Waals surface area contributed by atoms with Crippen LogP contribution in [0.25, 0.3) is 5.76 Å². The number of halogens is 1. The van der Waals surface area contributed by atoms with Crippen molar-refractivity contribution < 1.29 is 29.0 Å². The summed E-state index contributed by atoms with van der Waals surface area (Å²) in [5, 5.41) is 11.4. The minimum Gasteiger partial charge on any atom is -0.507 e. The SMILES string of the molecule is CCOc1cccc(C(O)=C2C(=O)C(=O)N(c3nc(C)c(C(=O)OC)s3)C2c2cccc(Br)c2)c1. The number of aromatic nitrogens is 1. The highest BCUT2D eigenvalue weighted by molar-refractivity contribution is 9.10. The maximum Gasteiger partial charge on any atom is 0.350 e. The molecule has 35 heavy (non-hydrogen) atoms. The van der Waals surface area contributed by atoms with Crippen LogP contribution in [-0.2, 0) is 14.3 Å². The molecule has 1 aliphatic rings. The second kappa shape index (κ2) is 10.0. The van der Waals surface area contributed by atoms with Crippen LogP contribution in [0.5, 0.6) is 5.75 Å². The number of esters is 1. The molecule has 1 fully saturated rings. The van der Waals surface area contributed by atoms with Gasteiger partial charge in [-0.1, -0.05) is 51.5 Å². The Kier molecular flexibility index (Phi) is 7.04. The Morgan fingerprint density at radius 1 is 1.20 bits per heavy atom. The highest BCUT2D eigenvalue weighted by Crippen LogP contribution is 2.44. The van der Waals surface area contributed by atoms with Gasteiger partial charge in [-0.2, -0.15) is 0 Å². The molecule has 1 amide bonds. The van der Waals surface area contributed by atoms with Crippen molar-refractivity contribution in [3.05, 3.63) is 80.3 Å². The minimum atomic E-state index is -0.973. The van der Waals surface area contributed by atoms with E-state index in [0.29, 0.717) is 29.2 Å². The number of anilines is 1. The van der Waals surface area contributed by atoms with Gasteiger partial charge in [0.1, 0.15) is 16.4 Å². The Bertz CT molecular complexity index is 1370. The number of benzene rings is 2. The highest BCUT2D eigenvalue weighted by atomic mass is 79.9. The van der Waals surface area contributed by atoms with Gasteiger partial charge in [0.05, 0.1) is 31.0 Å². The maximum absolute atomic E-state index is 13.3. The predicted molar refractivity (Wildman–Crippen MR) is 135 cm³/mol. The van der Waals surface area contributed by atoms with Crippen molar-refractivity contribution in [1.29, 1.82) is 0 Å². The number of rotatable bonds is 6. The minimum absolute atomic E-state index is 0.0887. The van der Waals surface area contributed by atoms with Crippen molar-refractivity contribution in [3.63, 3.8) is 0 Å². The number of amides is 1. The number of thiazole rings is 1. The normalized spacial score (nSPS) is 17.0. The molecule has 8 nitrogen and oxygen atoms in total. The first kappa shape index (κ1) is 24.6. The molecule has 2 aromatic carbocycles. The van der Waals surface area contributed by atoms with E-state index in [4.69, 9.17) is 9.47 Å². The number of aliphatic hydroxyl groups excluding tert-OH is 1. The number of aliphatic hydroxyl groups is 1. The summed E-state index contributed by atoms with van der Waals surface area (Å²) in [6, 6.07) is 12.8. The van der Waals surface area contributed by atoms with E-state index in [1.54, 1.807) is 49.4 Å². The summed E-state index contributed by atoms with van der Waals surface area (Å²) in [4.78, 5) is 44.6. The number of hydrogen-bond acceptors (Lipinski definition) is 8. The summed E-state index contributed by atoms with van der Waals surface area (Å²) in [6.07, 6.45) is 0. The lowest BCUT2D eigenvalue weighted by atomic mass is 9.95. The van der Waals surface area contributed by atoms with Gasteiger partial charge in [0.15, 0.2) is 5.13 Å². The molecule has 1 aromatic heterocycles. The third kappa shape index (κ3) is 4.59. The van der Waals surface area contributed by atoms with Gasteiger partial charge in [-0.05, 0) is 43.7 Å². The fraction of sp³-hybridized carbons (Fsp3) is 0.200. The second-order valence-corrected chi connectivity index (χ2v) is 9.48. The smallest absolute Gasteiger partial charge is 0.350 e. The number of carbonyl (C=O) groups is 3. The molecule has 4 rings (SSSR count). The Morgan fingerprint density at radius 2 is 1.94 bits per heavy atom. The van der Waals surface area contributed by atoms with Crippen molar-refractivity contribution in [2.75, 3.05) is 18.6 Å². The number of ketones is 1. The van der Waals surface area contributed by atoms with Crippen molar-refractivity contribution in [2.45, 2.75) is 19.9 Å². The summed E-state index contributed by atoms with van der Waals surface area (Å²) in [6.45, 7) is 3.89. The average Bonchev–Trinajstić information content (AvgIpc) is 3.35. The van der Waals surface area contributed by atoms with Gasteiger partial charge in [0.2, 0.25) is 0 Å². The number of Topliss-reactive ketones (excluding diaryl/α,β-unsaturated/α-hetero) is 1. The van der Waals surface area contributed by atoms with Crippen LogP contribution in [0.3, 0.4) is 0 Å². The summed E-state index contributed by atoms with van der Waals surface area (Å²) in [5.74, 6) is -2.12. The fourth-order valence-corrected chi connectivity index (χ4v) is 5.27. The zero-order valence-corrected chi connectivity index (χ0v) is 21.5. The number of hydrogen-bond donors (Lipinski definition) is 1. The maximum atomic E-state index is 13.3. The standard InChI is InChI=1S/C25H21BrN2O6S/c1-4-34-17-10-6-8-15(12-17)20(29)18-19(14-7-5-9-16(26)11-14)28(23(31)21(18)30)25-27-13(2)22(35-25)24(32)33-3/h5-12,19,29H,4H2,1-3H3. The van der Waals surface area contributed by atoms with Crippen LogP contribution in [0.2, 0.25) is 0 Å². The first-order valence-corrected chi connectivity index (χ1v) is 12.2. The second-order valence-electron chi connectivity index (χ2n) is 7.59. The topological polar surface area (TPSA) is 106 Å². The van der Waals surface area contributed by atoms with Gasteiger partial charge in [-0.15, -0.1) is 0 Å². The third-order valence-corrected chi connectivity index (χ3v) is 7.02. The van der Waals surface area contributed by atoms with E-state index in [1.807, 2.05) is 13.0 Å². The van der Waals surface area contributed by atoms with E-state index in [-0.39, 0.29) is 21.3 Å². The summed E-state index contributed by atoms with van der Waals surface area (Å²) < 4.78 is 11.1. The molecule has 10 heteroatoms. The Morgan fingerprint density at radius 3 is 2.63 bits per heavy atom. The van der Waals surface area contributed by atoms with Gasteiger partial charge in [-0.25, -0.2) is 9.78 Å². The Labute approximate surface area is 213 Å². The van der Waals surface area contributed by atoms with Crippen LogP contribution < -0.4 is 9.64 Å². The lowest BCUT2D eigenvalue weighted by molar-refractivity contribution is -0.132. The van der Waals surface area contributed by atoms with Crippen LogP contribution in [0.15, 0.2) is 58.6 Å². The molecule has 2 heterocycles. The van der Waals surface area contributed by atoms with Crippen LogP contribution in [0.1, 0.15) is 39.5 Å².